The molecule has 0 unspecified atom stereocenters. The summed E-state index contributed by atoms with van der Waals surface area (Å²) in [6, 6.07) is 6.24. The summed E-state index contributed by atoms with van der Waals surface area (Å²) < 4.78 is 20.9. The Labute approximate surface area is 161 Å². The van der Waals surface area contributed by atoms with Crippen LogP contribution < -0.4 is 5.32 Å². The molecule has 2 aliphatic rings. The molecule has 3 amide bonds. The maximum atomic E-state index is 13.8. The summed E-state index contributed by atoms with van der Waals surface area (Å²) in [7, 11) is 1.69. The van der Waals surface area contributed by atoms with Crippen LogP contribution in [0.3, 0.4) is 0 Å². The molecule has 148 valence electrons. The second-order valence-electron chi connectivity index (χ2n) is 7.38. The van der Waals surface area contributed by atoms with E-state index >= 15 is 0 Å². The van der Waals surface area contributed by atoms with Gasteiger partial charge in [0.15, 0.2) is 0 Å². The van der Waals surface area contributed by atoms with Gasteiger partial charge in [-0.3, -0.25) is 4.68 Å². The van der Waals surface area contributed by atoms with Gasteiger partial charge in [0.05, 0.1) is 31.5 Å². The van der Waals surface area contributed by atoms with Crippen LogP contribution in [-0.2, 0) is 11.3 Å². The Morgan fingerprint density at radius 2 is 2.18 bits per heavy atom. The van der Waals surface area contributed by atoms with Crippen LogP contribution >= 0.6 is 0 Å². The molecule has 1 N–H and O–H groups in total. The van der Waals surface area contributed by atoms with Crippen molar-refractivity contribution in [3.63, 3.8) is 0 Å². The number of anilines is 1. The van der Waals surface area contributed by atoms with Gasteiger partial charge in [-0.05, 0) is 18.9 Å². The van der Waals surface area contributed by atoms with Crippen LogP contribution in [0.5, 0.6) is 0 Å². The number of halogens is 1. The maximum absolute atomic E-state index is 13.8. The zero-order chi connectivity index (χ0) is 19.7. The number of benzene rings is 1. The number of piperidine rings is 1. The second-order valence-corrected chi connectivity index (χ2v) is 7.38. The number of hydrogen-bond acceptors (Lipinski definition) is 4. The normalized spacial score (nSPS) is 21.9. The summed E-state index contributed by atoms with van der Waals surface area (Å²) in [6.07, 6.45) is 4.35. The van der Waals surface area contributed by atoms with Gasteiger partial charge in [-0.15, -0.1) is 0 Å². The van der Waals surface area contributed by atoms with Crippen molar-refractivity contribution in [3.05, 3.63) is 48.0 Å². The van der Waals surface area contributed by atoms with Crippen LogP contribution in [0.25, 0.3) is 0 Å². The summed E-state index contributed by atoms with van der Waals surface area (Å²) in [4.78, 5) is 27.6. The highest BCUT2D eigenvalue weighted by Crippen LogP contribution is 2.31. The van der Waals surface area contributed by atoms with Crippen LogP contribution in [0.2, 0.25) is 0 Å². The van der Waals surface area contributed by atoms with Gasteiger partial charge in [-0.1, -0.05) is 18.2 Å². The number of carbonyl (C=O) groups excluding carboxylic acids is 2. The predicted octanol–water partition coefficient (Wildman–Crippen LogP) is 2.52. The van der Waals surface area contributed by atoms with E-state index in [4.69, 9.17) is 4.74 Å². The molecule has 1 aromatic heterocycles. The molecule has 28 heavy (non-hydrogen) atoms. The lowest BCUT2D eigenvalue weighted by Crippen LogP contribution is -2.53. The van der Waals surface area contributed by atoms with E-state index in [0.717, 1.165) is 12.8 Å². The van der Waals surface area contributed by atoms with Crippen molar-refractivity contribution < 1.29 is 18.7 Å². The molecule has 4 rings (SSSR count). The van der Waals surface area contributed by atoms with Gasteiger partial charge < -0.3 is 19.9 Å². The van der Waals surface area contributed by atoms with Crippen molar-refractivity contribution >= 4 is 17.8 Å². The van der Waals surface area contributed by atoms with E-state index < -0.39 is 5.60 Å². The zero-order valence-corrected chi connectivity index (χ0v) is 15.6. The lowest BCUT2D eigenvalue weighted by Gasteiger charge is -2.38. The van der Waals surface area contributed by atoms with Crippen molar-refractivity contribution in [2.45, 2.75) is 25.0 Å². The largest absolute Gasteiger partial charge is 0.439 e. The monoisotopic (exact) mass is 387 g/mol. The average Bonchev–Trinajstić information content (AvgIpc) is 3.21. The Bertz CT molecular complexity index is 901. The molecule has 8 nitrogen and oxygen atoms in total. The minimum absolute atomic E-state index is 0.268. The highest BCUT2D eigenvalue weighted by molar-refractivity contribution is 5.89. The fourth-order valence-corrected chi connectivity index (χ4v) is 3.79. The van der Waals surface area contributed by atoms with Crippen molar-refractivity contribution in [3.8, 4) is 0 Å². The Kier molecular flexibility index (Phi) is 4.66. The van der Waals surface area contributed by atoms with Crippen molar-refractivity contribution in [1.29, 1.82) is 0 Å². The number of likely N-dealkylation sites (N-methyl/N-ethyl adjacent to an activating group) is 1. The second kappa shape index (κ2) is 7.14. The van der Waals surface area contributed by atoms with E-state index in [1.807, 2.05) is 0 Å². The van der Waals surface area contributed by atoms with Gasteiger partial charge >= 0.3 is 12.1 Å². The number of urea groups is 1. The summed E-state index contributed by atoms with van der Waals surface area (Å²) in [5.74, 6) is -0.293. The number of aromatic nitrogens is 2. The van der Waals surface area contributed by atoms with Gasteiger partial charge in [0.2, 0.25) is 0 Å². The van der Waals surface area contributed by atoms with Crippen LogP contribution in [0.1, 0.15) is 18.4 Å². The van der Waals surface area contributed by atoms with Gasteiger partial charge in [0, 0.05) is 25.4 Å². The Morgan fingerprint density at radius 1 is 1.36 bits per heavy atom. The quantitative estimate of drug-likeness (QED) is 0.878. The number of nitrogens with zero attached hydrogens (tertiary/aromatic N) is 4. The molecule has 2 aliphatic heterocycles. The standard InChI is InChI=1S/C19H22FN5O3/c1-23-12-19(28-18(23)27)7-4-8-24(13-19)17(26)22-15-9-21-25(11-15)10-14-5-2-3-6-16(14)20/h2-3,5-6,9,11H,4,7-8,10,12-13H2,1H3,(H,22,26)/t19-/m0/s1. The van der Waals surface area contributed by atoms with Gasteiger partial charge in [-0.25, -0.2) is 14.0 Å². The third-order valence-electron chi connectivity index (χ3n) is 5.14. The highest BCUT2D eigenvalue weighted by atomic mass is 19.1. The van der Waals surface area contributed by atoms with Crippen molar-refractivity contribution in [1.82, 2.24) is 19.6 Å². The van der Waals surface area contributed by atoms with Crippen LogP contribution in [0.15, 0.2) is 36.7 Å². The Hall–Kier alpha value is -3.10. The van der Waals surface area contributed by atoms with Crippen molar-refractivity contribution in [2.75, 3.05) is 32.0 Å². The fourth-order valence-electron chi connectivity index (χ4n) is 3.79. The van der Waals surface area contributed by atoms with E-state index in [2.05, 4.69) is 10.4 Å². The average molecular weight is 387 g/mol. The van der Waals surface area contributed by atoms with Crippen LogP contribution in [0.4, 0.5) is 19.7 Å². The molecule has 9 heteroatoms. The van der Waals surface area contributed by atoms with E-state index in [-0.39, 0.29) is 24.5 Å². The molecule has 0 saturated carbocycles. The topological polar surface area (TPSA) is 79.7 Å². The lowest BCUT2D eigenvalue weighted by atomic mass is 9.93. The number of likely N-dealkylation sites (tertiary alicyclic amines) is 1. The molecule has 1 spiro atoms. The fraction of sp³-hybridized carbons (Fsp3) is 0.421. The van der Waals surface area contributed by atoms with E-state index in [1.165, 1.54) is 17.2 Å². The van der Waals surface area contributed by atoms with E-state index in [0.29, 0.717) is 30.9 Å². The number of amides is 3. The van der Waals surface area contributed by atoms with Crippen LogP contribution in [-0.4, -0.2) is 64.0 Å². The molecular formula is C19H22FN5O3. The Balaban J connectivity index is 1.38. The molecular weight excluding hydrogens is 365 g/mol. The summed E-state index contributed by atoms with van der Waals surface area (Å²) in [5.41, 5.74) is 0.423. The SMILES string of the molecule is CN1C[C@]2(CCCN(C(=O)Nc3cnn(Cc4ccccc4F)c3)C2)OC1=O. The first-order chi connectivity index (χ1) is 13.4. The smallest absolute Gasteiger partial charge is 0.410 e. The molecule has 2 fully saturated rings. The van der Waals surface area contributed by atoms with E-state index in [1.54, 1.807) is 41.0 Å². The number of hydrogen-bond donors (Lipinski definition) is 1. The number of carbonyl (C=O) groups is 2. The molecule has 0 aliphatic carbocycles. The molecule has 2 saturated heterocycles. The summed E-state index contributed by atoms with van der Waals surface area (Å²) in [5, 5.41) is 7.00. The Morgan fingerprint density at radius 3 is 2.93 bits per heavy atom. The first-order valence-corrected chi connectivity index (χ1v) is 9.20. The molecule has 0 bridgehead atoms. The predicted molar refractivity (Wildman–Crippen MR) is 99.4 cm³/mol. The van der Waals surface area contributed by atoms with Crippen LogP contribution in [0, 0.1) is 5.82 Å². The number of ether oxygens (including phenoxy) is 1. The third kappa shape index (κ3) is 3.64. The van der Waals surface area contributed by atoms with Crippen molar-refractivity contribution in [2.24, 2.45) is 0 Å². The number of rotatable bonds is 3. The lowest BCUT2D eigenvalue weighted by molar-refractivity contribution is 0.00497. The van der Waals surface area contributed by atoms with Gasteiger partial charge in [0.1, 0.15) is 11.4 Å². The zero-order valence-electron chi connectivity index (χ0n) is 15.6. The number of nitrogens with one attached hydrogen (secondary N) is 1. The summed E-state index contributed by atoms with van der Waals surface area (Å²) >= 11 is 0. The van der Waals surface area contributed by atoms with Gasteiger partial charge in [0.25, 0.3) is 0 Å². The molecule has 2 aromatic rings. The molecule has 1 atom stereocenters. The molecule has 1 aromatic carbocycles. The summed E-state index contributed by atoms with van der Waals surface area (Å²) in [6.45, 7) is 1.71. The first kappa shape index (κ1) is 18.3. The van der Waals surface area contributed by atoms with E-state index in [9.17, 15) is 14.0 Å². The first-order valence-electron chi connectivity index (χ1n) is 9.20. The maximum Gasteiger partial charge on any atom is 0.410 e. The molecule has 0 radical (unpaired) electrons. The molecule has 3 heterocycles. The third-order valence-corrected chi connectivity index (χ3v) is 5.14. The minimum atomic E-state index is -0.629. The minimum Gasteiger partial charge on any atom is -0.439 e. The van der Waals surface area contributed by atoms with Gasteiger partial charge in [-0.2, -0.15) is 5.10 Å². The highest BCUT2D eigenvalue weighted by Gasteiger charge is 2.47.